The van der Waals surface area contributed by atoms with Gasteiger partial charge in [0, 0.05) is 45.6 Å². The molecule has 0 radical (unpaired) electrons. The van der Waals surface area contributed by atoms with Gasteiger partial charge in [-0.3, -0.25) is 4.21 Å². The highest BCUT2D eigenvalue weighted by Crippen LogP contribution is 2.35. The number of rotatable bonds is 5. The standard InChI is InChI=1S/C16H16ClNO3S/c1-22(19)9-12-7-13(5-6-14(12)17)18-8-11-3-2-4-15-16(11)21-10-20-15/h2-7,18H,8-10H2,1H3/t22-/m0/s1. The van der Waals surface area contributed by atoms with Crippen molar-refractivity contribution < 1.29 is 13.7 Å². The first-order valence-corrected chi connectivity index (χ1v) is 8.94. The van der Waals surface area contributed by atoms with E-state index in [9.17, 15) is 4.21 Å². The molecule has 0 fully saturated rings. The van der Waals surface area contributed by atoms with Crippen LogP contribution in [0.1, 0.15) is 11.1 Å². The van der Waals surface area contributed by atoms with Crippen molar-refractivity contribution in [2.24, 2.45) is 0 Å². The van der Waals surface area contributed by atoms with Crippen LogP contribution in [0.5, 0.6) is 11.5 Å². The van der Waals surface area contributed by atoms with Crippen molar-refractivity contribution in [2.75, 3.05) is 18.4 Å². The Bertz CT molecular complexity index is 721. The summed E-state index contributed by atoms with van der Waals surface area (Å²) in [5.74, 6) is 2.02. The number of para-hydroxylation sites is 1. The van der Waals surface area contributed by atoms with Gasteiger partial charge in [-0.1, -0.05) is 23.7 Å². The van der Waals surface area contributed by atoms with Crippen LogP contribution in [0.4, 0.5) is 5.69 Å². The number of ether oxygens (including phenoxy) is 2. The fourth-order valence-electron chi connectivity index (χ4n) is 2.34. The van der Waals surface area contributed by atoms with Gasteiger partial charge < -0.3 is 14.8 Å². The van der Waals surface area contributed by atoms with Crippen molar-refractivity contribution in [2.45, 2.75) is 12.3 Å². The fraction of sp³-hybridized carbons (Fsp3) is 0.250. The predicted octanol–water partition coefficient (Wildman–Crippen LogP) is 3.56. The SMILES string of the molecule is C[S@](=O)Cc1cc(NCc2cccc3c2OCO3)ccc1Cl. The maximum absolute atomic E-state index is 11.4. The summed E-state index contributed by atoms with van der Waals surface area (Å²) in [5.41, 5.74) is 2.84. The Labute approximate surface area is 136 Å². The predicted molar refractivity (Wildman–Crippen MR) is 89.1 cm³/mol. The third kappa shape index (κ3) is 3.36. The minimum atomic E-state index is -0.924. The Balaban J connectivity index is 1.74. The number of hydrogen-bond donors (Lipinski definition) is 1. The van der Waals surface area contributed by atoms with E-state index in [1.807, 2.05) is 36.4 Å². The molecule has 0 saturated heterocycles. The number of nitrogens with one attached hydrogen (secondary N) is 1. The number of halogens is 1. The Morgan fingerprint density at radius 3 is 2.91 bits per heavy atom. The molecule has 1 aliphatic rings. The minimum absolute atomic E-state index is 0.264. The van der Waals surface area contributed by atoms with Gasteiger partial charge in [0.1, 0.15) is 0 Å². The van der Waals surface area contributed by atoms with Crippen LogP contribution in [0.3, 0.4) is 0 Å². The van der Waals surface area contributed by atoms with Crippen molar-refractivity contribution in [1.29, 1.82) is 0 Å². The van der Waals surface area contributed by atoms with Crippen molar-refractivity contribution in [3.8, 4) is 11.5 Å². The van der Waals surface area contributed by atoms with E-state index in [2.05, 4.69) is 5.32 Å². The van der Waals surface area contributed by atoms with Gasteiger partial charge in [0.25, 0.3) is 0 Å². The lowest BCUT2D eigenvalue weighted by Crippen LogP contribution is -2.02. The number of anilines is 1. The molecule has 0 saturated carbocycles. The third-order valence-electron chi connectivity index (χ3n) is 3.37. The summed E-state index contributed by atoms with van der Waals surface area (Å²) in [6, 6.07) is 11.5. The summed E-state index contributed by atoms with van der Waals surface area (Å²) in [7, 11) is -0.924. The molecule has 3 rings (SSSR count). The van der Waals surface area contributed by atoms with E-state index < -0.39 is 10.8 Å². The zero-order chi connectivity index (χ0) is 15.5. The zero-order valence-corrected chi connectivity index (χ0v) is 13.7. The molecule has 1 aliphatic heterocycles. The van der Waals surface area contributed by atoms with Gasteiger partial charge in [-0.15, -0.1) is 0 Å². The lowest BCUT2D eigenvalue weighted by atomic mass is 10.1. The normalized spacial score (nSPS) is 13.9. The average Bonchev–Trinajstić information content (AvgIpc) is 2.96. The molecule has 116 valence electrons. The van der Waals surface area contributed by atoms with Crippen LogP contribution in [0.25, 0.3) is 0 Å². The zero-order valence-electron chi connectivity index (χ0n) is 12.1. The highest BCUT2D eigenvalue weighted by Gasteiger charge is 2.16. The van der Waals surface area contributed by atoms with E-state index in [1.54, 1.807) is 6.26 Å². The second kappa shape index (κ2) is 6.58. The van der Waals surface area contributed by atoms with Gasteiger partial charge in [-0.05, 0) is 29.8 Å². The van der Waals surface area contributed by atoms with Crippen molar-refractivity contribution in [1.82, 2.24) is 0 Å². The highest BCUT2D eigenvalue weighted by molar-refractivity contribution is 7.83. The van der Waals surface area contributed by atoms with E-state index in [0.717, 1.165) is 28.3 Å². The molecule has 2 aromatic rings. The summed E-state index contributed by atoms with van der Waals surface area (Å²) in [6.07, 6.45) is 1.67. The van der Waals surface area contributed by atoms with Gasteiger partial charge in [0.05, 0.1) is 0 Å². The summed E-state index contributed by atoms with van der Waals surface area (Å²) < 4.78 is 22.2. The summed E-state index contributed by atoms with van der Waals surface area (Å²) in [5, 5.41) is 3.98. The Kier molecular flexibility index (Phi) is 4.55. The third-order valence-corrected chi connectivity index (χ3v) is 4.45. The maximum atomic E-state index is 11.4. The van der Waals surface area contributed by atoms with Gasteiger partial charge in [-0.2, -0.15) is 0 Å². The molecule has 0 aliphatic carbocycles. The first-order chi connectivity index (χ1) is 10.6. The summed E-state index contributed by atoms with van der Waals surface area (Å²) in [4.78, 5) is 0. The highest BCUT2D eigenvalue weighted by atomic mass is 35.5. The van der Waals surface area contributed by atoms with E-state index in [0.29, 0.717) is 17.3 Å². The lowest BCUT2D eigenvalue weighted by molar-refractivity contribution is 0.173. The van der Waals surface area contributed by atoms with Crippen LogP contribution >= 0.6 is 11.6 Å². The topological polar surface area (TPSA) is 47.6 Å². The second-order valence-corrected chi connectivity index (χ2v) is 6.87. The molecule has 0 amide bonds. The van der Waals surface area contributed by atoms with Crippen molar-refractivity contribution in [3.63, 3.8) is 0 Å². The van der Waals surface area contributed by atoms with Gasteiger partial charge in [0.2, 0.25) is 6.79 Å². The molecule has 6 heteroatoms. The molecule has 1 atom stereocenters. The van der Waals surface area contributed by atoms with Crippen LogP contribution in [0.2, 0.25) is 5.02 Å². The quantitative estimate of drug-likeness (QED) is 0.906. The summed E-state index contributed by atoms with van der Waals surface area (Å²) in [6.45, 7) is 0.878. The molecule has 0 unspecified atom stereocenters. The lowest BCUT2D eigenvalue weighted by Gasteiger charge is -2.11. The fourth-order valence-corrected chi connectivity index (χ4v) is 3.28. The van der Waals surface area contributed by atoms with Crippen LogP contribution in [0.15, 0.2) is 36.4 Å². The van der Waals surface area contributed by atoms with Crippen LogP contribution in [-0.2, 0) is 23.1 Å². The van der Waals surface area contributed by atoms with Crippen LogP contribution < -0.4 is 14.8 Å². The van der Waals surface area contributed by atoms with E-state index in [1.165, 1.54) is 0 Å². The molecular weight excluding hydrogens is 322 g/mol. The molecular formula is C16H16ClNO3S. The molecule has 0 spiro atoms. The Morgan fingerprint density at radius 1 is 1.23 bits per heavy atom. The number of benzene rings is 2. The van der Waals surface area contributed by atoms with Crippen molar-refractivity contribution >= 4 is 28.1 Å². The number of fused-ring (bicyclic) bond motifs is 1. The molecule has 2 aromatic carbocycles. The maximum Gasteiger partial charge on any atom is 0.231 e. The molecule has 1 heterocycles. The number of hydrogen-bond acceptors (Lipinski definition) is 4. The Hall–Kier alpha value is -1.72. The second-order valence-electron chi connectivity index (χ2n) is 5.03. The largest absolute Gasteiger partial charge is 0.454 e. The molecule has 0 aromatic heterocycles. The van der Waals surface area contributed by atoms with E-state index >= 15 is 0 Å². The molecule has 22 heavy (non-hydrogen) atoms. The monoisotopic (exact) mass is 337 g/mol. The minimum Gasteiger partial charge on any atom is -0.454 e. The summed E-state index contributed by atoms with van der Waals surface area (Å²) >= 11 is 6.14. The first kappa shape index (κ1) is 15.2. The molecule has 0 bridgehead atoms. The Morgan fingerprint density at radius 2 is 2.09 bits per heavy atom. The van der Waals surface area contributed by atoms with E-state index in [-0.39, 0.29) is 6.79 Å². The molecule has 4 nitrogen and oxygen atoms in total. The first-order valence-electron chi connectivity index (χ1n) is 6.83. The smallest absolute Gasteiger partial charge is 0.231 e. The van der Waals surface area contributed by atoms with Crippen molar-refractivity contribution in [3.05, 3.63) is 52.5 Å². The molecule has 1 N–H and O–H groups in total. The van der Waals surface area contributed by atoms with Crippen LogP contribution in [-0.4, -0.2) is 17.3 Å². The van der Waals surface area contributed by atoms with Gasteiger partial charge in [-0.25, -0.2) is 0 Å². The van der Waals surface area contributed by atoms with Crippen LogP contribution in [0, 0.1) is 0 Å². The van der Waals surface area contributed by atoms with E-state index in [4.69, 9.17) is 21.1 Å². The average molecular weight is 338 g/mol. The van der Waals surface area contributed by atoms with Gasteiger partial charge >= 0.3 is 0 Å². The van der Waals surface area contributed by atoms with Gasteiger partial charge in [0.15, 0.2) is 11.5 Å².